The van der Waals surface area contributed by atoms with Gasteiger partial charge in [-0.2, -0.15) is 18.4 Å². The molecule has 2 rings (SSSR count). The van der Waals surface area contributed by atoms with E-state index in [1.54, 1.807) is 40.0 Å². The van der Waals surface area contributed by atoms with Gasteiger partial charge in [-0.05, 0) is 64.8 Å². The number of nitrogens with two attached hydrogens (primary N) is 1. The van der Waals surface area contributed by atoms with Gasteiger partial charge in [0.1, 0.15) is 11.7 Å². The number of halogens is 3. The minimum absolute atomic E-state index is 0.0629. The molecule has 1 heterocycles. The molecule has 0 bridgehead atoms. The summed E-state index contributed by atoms with van der Waals surface area (Å²) in [5.74, 6) is 0. The predicted octanol–water partition coefficient (Wildman–Crippen LogP) is 5.60. The summed E-state index contributed by atoms with van der Waals surface area (Å²) in [7, 11) is 1.60. The van der Waals surface area contributed by atoms with E-state index >= 15 is 0 Å². The molecule has 0 fully saturated rings. The van der Waals surface area contributed by atoms with Gasteiger partial charge in [0, 0.05) is 31.7 Å². The Balaban J connectivity index is 2.18. The first-order chi connectivity index (χ1) is 18.2. The van der Waals surface area contributed by atoms with Crippen LogP contribution < -0.4 is 16.4 Å². The summed E-state index contributed by atoms with van der Waals surface area (Å²) < 4.78 is 47.4. The number of nitrogen functional groups attached to an aromatic ring is 1. The van der Waals surface area contributed by atoms with Crippen LogP contribution in [0.4, 0.5) is 29.3 Å². The highest BCUT2D eigenvalue weighted by Crippen LogP contribution is 2.36. The van der Waals surface area contributed by atoms with Crippen molar-refractivity contribution in [3.63, 3.8) is 0 Å². The number of aryl methyl sites for hydroxylation is 1. The highest BCUT2D eigenvalue weighted by Gasteiger charge is 2.33. The Hall–Kier alpha value is -3.78. The SMILES string of the molecule is C=CCN(CCCc1ccc(-c2cc(NC)c(N)c(C#N)n2)cc1C(F)(F)F)C(C)CNC(=O)OC(C)(C)C. The number of alkyl carbamates (subject to hydrolysis) is 1. The molecule has 1 amide bonds. The van der Waals surface area contributed by atoms with E-state index < -0.39 is 23.4 Å². The first kappa shape index (κ1) is 31.4. The van der Waals surface area contributed by atoms with Gasteiger partial charge in [-0.1, -0.05) is 18.2 Å². The van der Waals surface area contributed by atoms with Gasteiger partial charge in [0.15, 0.2) is 5.69 Å². The Bertz CT molecular complexity index is 1200. The molecule has 1 unspecified atom stereocenters. The van der Waals surface area contributed by atoms with Crippen molar-refractivity contribution in [2.45, 2.75) is 58.4 Å². The van der Waals surface area contributed by atoms with Crippen LogP contribution in [-0.4, -0.2) is 54.3 Å². The average Bonchev–Trinajstić information content (AvgIpc) is 2.85. The number of nitrogens with one attached hydrogen (secondary N) is 2. The minimum Gasteiger partial charge on any atom is -0.444 e. The monoisotopic (exact) mass is 546 g/mol. The van der Waals surface area contributed by atoms with Gasteiger partial charge in [-0.25, -0.2) is 9.78 Å². The Morgan fingerprint density at radius 2 is 2.00 bits per heavy atom. The average molecular weight is 547 g/mol. The summed E-state index contributed by atoms with van der Waals surface area (Å²) >= 11 is 0. The number of pyridine rings is 1. The molecule has 0 aliphatic rings. The van der Waals surface area contributed by atoms with Crippen molar-refractivity contribution in [2.75, 3.05) is 37.7 Å². The smallest absolute Gasteiger partial charge is 0.416 e. The third-order valence-corrected chi connectivity index (χ3v) is 5.96. The summed E-state index contributed by atoms with van der Waals surface area (Å²) in [5.41, 5.74) is 5.61. The van der Waals surface area contributed by atoms with Crippen LogP contribution in [0.25, 0.3) is 11.3 Å². The van der Waals surface area contributed by atoms with E-state index in [1.807, 2.05) is 17.9 Å². The molecular formula is C28H37F3N6O2. The number of nitriles is 1. The van der Waals surface area contributed by atoms with Gasteiger partial charge in [-0.3, -0.25) is 4.90 Å². The largest absolute Gasteiger partial charge is 0.444 e. The van der Waals surface area contributed by atoms with Crippen molar-refractivity contribution >= 4 is 17.5 Å². The van der Waals surface area contributed by atoms with Crippen molar-refractivity contribution in [2.24, 2.45) is 0 Å². The molecule has 0 spiro atoms. The maximum atomic E-state index is 14.0. The Morgan fingerprint density at radius 3 is 2.56 bits per heavy atom. The van der Waals surface area contributed by atoms with Crippen LogP contribution in [0.5, 0.6) is 0 Å². The van der Waals surface area contributed by atoms with Gasteiger partial charge in [0.25, 0.3) is 0 Å². The van der Waals surface area contributed by atoms with E-state index in [2.05, 4.69) is 22.2 Å². The van der Waals surface area contributed by atoms with Crippen LogP contribution in [0, 0.1) is 11.3 Å². The number of benzene rings is 1. The number of rotatable bonds is 11. The van der Waals surface area contributed by atoms with Crippen molar-refractivity contribution in [1.29, 1.82) is 5.26 Å². The van der Waals surface area contributed by atoms with E-state index in [9.17, 15) is 23.2 Å². The van der Waals surface area contributed by atoms with Gasteiger partial charge >= 0.3 is 12.3 Å². The third kappa shape index (κ3) is 9.18. The Labute approximate surface area is 228 Å². The molecule has 0 aliphatic heterocycles. The fraction of sp³-hybridized carbons (Fsp3) is 0.464. The maximum Gasteiger partial charge on any atom is 0.416 e. The number of nitrogens with zero attached hydrogens (tertiary/aromatic N) is 3. The lowest BCUT2D eigenvalue weighted by Gasteiger charge is -2.29. The molecule has 8 nitrogen and oxygen atoms in total. The number of aromatic nitrogens is 1. The fourth-order valence-corrected chi connectivity index (χ4v) is 4.02. The van der Waals surface area contributed by atoms with Crippen molar-refractivity contribution in [3.8, 4) is 17.3 Å². The topological polar surface area (TPSA) is 116 Å². The first-order valence-electron chi connectivity index (χ1n) is 12.6. The lowest BCUT2D eigenvalue weighted by molar-refractivity contribution is -0.138. The molecule has 1 aromatic heterocycles. The van der Waals surface area contributed by atoms with E-state index in [0.717, 1.165) is 6.07 Å². The van der Waals surface area contributed by atoms with Crippen LogP contribution >= 0.6 is 0 Å². The zero-order valence-corrected chi connectivity index (χ0v) is 23.1. The molecule has 2 aromatic rings. The zero-order chi connectivity index (χ0) is 29.4. The normalized spacial score (nSPS) is 12.5. The molecule has 0 saturated heterocycles. The lowest BCUT2D eigenvalue weighted by Crippen LogP contribution is -2.44. The highest BCUT2D eigenvalue weighted by atomic mass is 19.4. The van der Waals surface area contributed by atoms with Gasteiger partial charge < -0.3 is 21.1 Å². The van der Waals surface area contributed by atoms with Crippen LogP contribution in [-0.2, 0) is 17.3 Å². The van der Waals surface area contributed by atoms with Crippen LogP contribution in [0.3, 0.4) is 0 Å². The van der Waals surface area contributed by atoms with E-state index in [0.29, 0.717) is 31.7 Å². The minimum atomic E-state index is -4.57. The standard InChI is InChI=1S/C28H37F3N6O2/c1-7-12-37(18(2)17-35-26(38)39-27(3,4)5)13-8-9-19-10-11-20(14-21(19)28(29,30)31)22-15-23(34-6)25(33)24(16-32)36-22/h7,10-11,14-15,18H,1,8-9,12-13,17,33H2,2-6H3,(H,34,36)(H,35,38). The summed E-state index contributed by atoms with van der Waals surface area (Å²) in [4.78, 5) is 18.2. The summed E-state index contributed by atoms with van der Waals surface area (Å²) in [5, 5.41) is 14.9. The lowest BCUT2D eigenvalue weighted by atomic mass is 9.97. The van der Waals surface area contributed by atoms with Gasteiger partial charge in [-0.15, -0.1) is 6.58 Å². The molecule has 1 atom stereocenters. The molecule has 0 saturated carbocycles. The number of hydrogen-bond acceptors (Lipinski definition) is 7. The number of carbonyl (C=O) groups excluding carboxylic acids is 1. The molecule has 0 aliphatic carbocycles. The van der Waals surface area contributed by atoms with Gasteiger partial charge in [0.2, 0.25) is 0 Å². The number of alkyl halides is 3. The summed E-state index contributed by atoms with van der Waals surface area (Å²) in [6, 6.07) is 7.39. The van der Waals surface area contributed by atoms with E-state index in [4.69, 9.17) is 10.5 Å². The summed E-state index contributed by atoms with van der Waals surface area (Å²) in [6.07, 6.45) is -2.74. The predicted molar refractivity (Wildman–Crippen MR) is 147 cm³/mol. The molecule has 4 N–H and O–H groups in total. The molecule has 212 valence electrons. The zero-order valence-electron chi connectivity index (χ0n) is 23.1. The number of amides is 1. The van der Waals surface area contributed by atoms with Crippen LogP contribution in [0.15, 0.2) is 36.9 Å². The Kier molecular flexibility index (Phi) is 10.7. The Morgan fingerprint density at radius 1 is 1.31 bits per heavy atom. The van der Waals surface area contributed by atoms with E-state index in [-0.39, 0.29) is 40.7 Å². The number of anilines is 2. The number of ether oxygens (including phenoxy) is 1. The highest BCUT2D eigenvalue weighted by molar-refractivity contribution is 5.77. The fourth-order valence-electron chi connectivity index (χ4n) is 4.02. The molecular weight excluding hydrogens is 509 g/mol. The van der Waals surface area contributed by atoms with Crippen molar-refractivity contribution < 1.29 is 22.7 Å². The van der Waals surface area contributed by atoms with Crippen molar-refractivity contribution in [1.82, 2.24) is 15.2 Å². The van der Waals surface area contributed by atoms with Crippen molar-refractivity contribution in [3.05, 3.63) is 53.7 Å². The quantitative estimate of drug-likeness (QED) is 0.314. The second-order valence-electron chi connectivity index (χ2n) is 10.2. The summed E-state index contributed by atoms with van der Waals surface area (Å²) in [6.45, 7) is 12.3. The molecule has 1 aromatic carbocycles. The molecule has 39 heavy (non-hydrogen) atoms. The number of carbonyl (C=O) groups is 1. The molecule has 0 radical (unpaired) electrons. The first-order valence-corrected chi connectivity index (χ1v) is 12.6. The van der Waals surface area contributed by atoms with E-state index in [1.165, 1.54) is 12.1 Å². The van der Waals surface area contributed by atoms with Crippen LogP contribution in [0.1, 0.15) is 50.9 Å². The van der Waals surface area contributed by atoms with Gasteiger partial charge in [0.05, 0.1) is 22.6 Å². The molecule has 11 heteroatoms. The maximum absolute atomic E-state index is 14.0. The third-order valence-electron chi connectivity index (χ3n) is 5.96. The number of hydrogen-bond donors (Lipinski definition) is 3. The second-order valence-corrected chi connectivity index (χ2v) is 10.2. The second kappa shape index (κ2) is 13.3. The van der Waals surface area contributed by atoms with Crippen LogP contribution in [0.2, 0.25) is 0 Å².